The fraction of sp³-hybridized carbons (Fsp3) is 0.571. The predicted molar refractivity (Wildman–Crippen MR) is 76.1 cm³/mol. The number of aliphatic hydroxyl groups excluding tert-OH is 1. The van der Waals surface area contributed by atoms with Crippen molar-refractivity contribution >= 4 is 10.0 Å². The second-order valence-corrected chi connectivity index (χ2v) is 7.33. The molecule has 1 aromatic carbocycles. The van der Waals surface area contributed by atoms with Crippen LogP contribution in [-0.2, 0) is 10.0 Å². The lowest BCUT2D eigenvalue weighted by atomic mass is 10.0. The van der Waals surface area contributed by atoms with Crippen molar-refractivity contribution in [2.75, 3.05) is 13.2 Å². The predicted octanol–water partition coefficient (Wildman–Crippen LogP) is 1.52. The molecule has 0 saturated heterocycles. The minimum absolute atomic E-state index is 0.0722. The van der Waals surface area contributed by atoms with Gasteiger partial charge in [0.1, 0.15) is 12.4 Å². The number of rotatable bonds is 7. The van der Waals surface area contributed by atoms with Gasteiger partial charge in [-0.1, -0.05) is 0 Å². The van der Waals surface area contributed by atoms with Gasteiger partial charge in [0.05, 0.1) is 11.5 Å². The summed E-state index contributed by atoms with van der Waals surface area (Å²) in [6, 6.07) is 6.21. The summed E-state index contributed by atoms with van der Waals surface area (Å²) in [5.41, 5.74) is -0.412. The van der Waals surface area contributed by atoms with Crippen LogP contribution in [-0.4, -0.2) is 32.3 Å². The molecule has 1 aliphatic rings. The van der Waals surface area contributed by atoms with Crippen LogP contribution >= 0.6 is 0 Å². The molecule has 112 valence electrons. The van der Waals surface area contributed by atoms with Gasteiger partial charge in [0, 0.05) is 5.54 Å². The molecule has 0 spiro atoms. The third-order valence-corrected chi connectivity index (χ3v) is 5.18. The van der Waals surface area contributed by atoms with Crippen LogP contribution in [0.5, 0.6) is 5.75 Å². The maximum atomic E-state index is 12.3. The number of nitrogens with one attached hydrogen (secondary N) is 1. The van der Waals surface area contributed by atoms with E-state index >= 15 is 0 Å². The van der Waals surface area contributed by atoms with E-state index in [0.717, 1.165) is 12.8 Å². The molecule has 0 amide bonds. The lowest BCUT2D eigenvalue weighted by molar-refractivity contribution is 0.201. The van der Waals surface area contributed by atoms with Gasteiger partial charge < -0.3 is 9.84 Å². The van der Waals surface area contributed by atoms with E-state index in [-0.39, 0.29) is 18.1 Å². The van der Waals surface area contributed by atoms with Crippen molar-refractivity contribution in [3.63, 3.8) is 0 Å². The molecule has 0 aliphatic heterocycles. The van der Waals surface area contributed by atoms with Crippen LogP contribution < -0.4 is 9.46 Å². The van der Waals surface area contributed by atoms with Gasteiger partial charge in [0.25, 0.3) is 0 Å². The van der Waals surface area contributed by atoms with Gasteiger partial charge in [-0.3, -0.25) is 0 Å². The van der Waals surface area contributed by atoms with Gasteiger partial charge in [-0.25, -0.2) is 13.1 Å². The van der Waals surface area contributed by atoms with E-state index in [2.05, 4.69) is 4.72 Å². The van der Waals surface area contributed by atoms with E-state index < -0.39 is 15.6 Å². The van der Waals surface area contributed by atoms with E-state index in [1.54, 1.807) is 12.1 Å². The fourth-order valence-electron chi connectivity index (χ4n) is 2.17. The molecule has 1 aromatic rings. The molecule has 0 atom stereocenters. The average Bonchev–Trinajstić information content (AvgIpc) is 3.20. The summed E-state index contributed by atoms with van der Waals surface area (Å²) in [7, 11) is -3.52. The summed E-state index contributed by atoms with van der Waals surface area (Å²) >= 11 is 0. The number of benzene rings is 1. The van der Waals surface area contributed by atoms with E-state index in [0.29, 0.717) is 11.7 Å². The first-order chi connectivity index (χ1) is 9.35. The van der Waals surface area contributed by atoms with E-state index in [1.807, 2.05) is 13.8 Å². The number of aliphatic hydroxyl groups is 1. The Bertz CT molecular complexity index is 547. The summed E-state index contributed by atoms with van der Waals surface area (Å²) in [6.45, 7) is 3.96. The first-order valence-corrected chi connectivity index (χ1v) is 8.21. The zero-order valence-electron chi connectivity index (χ0n) is 11.8. The van der Waals surface area contributed by atoms with Crippen LogP contribution in [0.3, 0.4) is 0 Å². The van der Waals surface area contributed by atoms with Gasteiger partial charge in [-0.15, -0.1) is 0 Å². The van der Waals surface area contributed by atoms with E-state index in [4.69, 9.17) is 9.84 Å². The number of hydrogen-bond acceptors (Lipinski definition) is 4. The topological polar surface area (TPSA) is 75.6 Å². The second-order valence-electron chi connectivity index (χ2n) is 5.64. The molecule has 1 aliphatic carbocycles. The molecule has 0 aromatic heterocycles. The van der Waals surface area contributed by atoms with Gasteiger partial charge >= 0.3 is 0 Å². The third-order valence-electron chi connectivity index (χ3n) is 3.49. The molecule has 0 bridgehead atoms. The Hall–Kier alpha value is -1.11. The van der Waals surface area contributed by atoms with Crippen molar-refractivity contribution < 1.29 is 18.3 Å². The van der Waals surface area contributed by atoms with Crippen molar-refractivity contribution in [1.29, 1.82) is 0 Å². The maximum absolute atomic E-state index is 12.3. The Morgan fingerprint density at radius 3 is 2.40 bits per heavy atom. The molecule has 20 heavy (non-hydrogen) atoms. The fourth-order valence-corrected chi connectivity index (χ4v) is 3.64. The lowest BCUT2D eigenvalue weighted by Gasteiger charge is -2.25. The van der Waals surface area contributed by atoms with Crippen molar-refractivity contribution in [3.05, 3.63) is 24.3 Å². The molecule has 0 unspecified atom stereocenters. The largest absolute Gasteiger partial charge is 0.491 e. The molecule has 2 N–H and O–H groups in total. The van der Waals surface area contributed by atoms with Crippen LogP contribution in [0.15, 0.2) is 29.2 Å². The van der Waals surface area contributed by atoms with Crippen LogP contribution in [0.2, 0.25) is 0 Å². The zero-order valence-corrected chi connectivity index (χ0v) is 12.6. The normalized spacial score (nSPS) is 16.1. The number of ether oxygens (including phenoxy) is 1. The quantitative estimate of drug-likeness (QED) is 0.800. The molecule has 1 fully saturated rings. The molecular weight excluding hydrogens is 278 g/mol. The molecular formula is C14H21NO4S. The highest BCUT2D eigenvalue weighted by Crippen LogP contribution is 2.39. The molecule has 0 heterocycles. The Morgan fingerprint density at radius 1 is 1.30 bits per heavy atom. The Balaban J connectivity index is 2.09. The Morgan fingerprint density at radius 2 is 1.90 bits per heavy atom. The van der Waals surface area contributed by atoms with Crippen LogP contribution in [0.1, 0.15) is 26.7 Å². The summed E-state index contributed by atoms with van der Waals surface area (Å²) in [5, 5.41) is 8.67. The van der Waals surface area contributed by atoms with Crippen LogP contribution in [0, 0.1) is 5.92 Å². The van der Waals surface area contributed by atoms with Gasteiger partial charge in [-0.2, -0.15) is 0 Å². The highest BCUT2D eigenvalue weighted by atomic mass is 32.2. The standard InChI is InChI=1S/C14H21NO4S/c1-14(2,11-3-4-11)15-20(17,18)13-7-5-12(6-8-13)19-10-9-16/h5-8,11,15-16H,3-4,9-10H2,1-2H3. The molecule has 6 heteroatoms. The Kier molecular flexibility index (Phi) is 4.36. The third kappa shape index (κ3) is 3.71. The summed E-state index contributed by atoms with van der Waals surface area (Å²) in [5.74, 6) is 0.962. The maximum Gasteiger partial charge on any atom is 0.241 e. The van der Waals surface area contributed by atoms with Gasteiger partial charge in [0.2, 0.25) is 10.0 Å². The zero-order chi connectivity index (χ0) is 14.8. The minimum atomic E-state index is -3.52. The number of hydrogen-bond donors (Lipinski definition) is 2. The SMILES string of the molecule is CC(C)(NS(=O)(=O)c1ccc(OCCO)cc1)C1CC1. The minimum Gasteiger partial charge on any atom is -0.491 e. The van der Waals surface area contributed by atoms with E-state index in [9.17, 15) is 8.42 Å². The molecule has 5 nitrogen and oxygen atoms in total. The first-order valence-electron chi connectivity index (χ1n) is 6.73. The van der Waals surface area contributed by atoms with Crippen molar-refractivity contribution in [2.24, 2.45) is 5.92 Å². The summed E-state index contributed by atoms with van der Waals surface area (Å²) < 4.78 is 32.6. The first kappa shape index (κ1) is 15.3. The van der Waals surface area contributed by atoms with Crippen molar-refractivity contribution in [2.45, 2.75) is 37.1 Å². The van der Waals surface area contributed by atoms with Crippen molar-refractivity contribution in [3.8, 4) is 5.75 Å². The van der Waals surface area contributed by atoms with Crippen molar-refractivity contribution in [1.82, 2.24) is 4.72 Å². The van der Waals surface area contributed by atoms with Crippen LogP contribution in [0.4, 0.5) is 0 Å². The Labute approximate surface area is 120 Å². The second kappa shape index (κ2) is 5.71. The van der Waals surface area contributed by atoms with Gasteiger partial charge in [-0.05, 0) is 56.9 Å². The highest BCUT2D eigenvalue weighted by molar-refractivity contribution is 7.89. The van der Waals surface area contributed by atoms with E-state index in [1.165, 1.54) is 12.1 Å². The monoisotopic (exact) mass is 299 g/mol. The molecule has 0 radical (unpaired) electrons. The molecule has 2 rings (SSSR count). The van der Waals surface area contributed by atoms with Crippen LogP contribution in [0.25, 0.3) is 0 Å². The van der Waals surface area contributed by atoms with Gasteiger partial charge in [0.15, 0.2) is 0 Å². The molecule has 1 saturated carbocycles. The summed E-state index contributed by atoms with van der Waals surface area (Å²) in [6.07, 6.45) is 2.15. The number of sulfonamides is 1. The summed E-state index contributed by atoms with van der Waals surface area (Å²) in [4.78, 5) is 0.225. The average molecular weight is 299 g/mol. The highest BCUT2D eigenvalue weighted by Gasteiger charge is 2.40. The lowest BCUT2D eigenvalue weighted by Crippen LogP contribution is -2.45. The smallest absolute Gasteiger partial charge is 0.241 e.